The largest absolute Gasteiger partial charge is 0.573 e. The molecule has 0 spiro atoms. The van der Waals surface area contributed by atoms with Crippen molar-refractivity contribution in [2.75, 3.05) is 5.32 Å². The van der Waals surface area contributed by atoms with Crippen molar-refractivity contribution in [2.45, 2.75) is 32.2 Å². The van der Waals surface area contributed by atoms with E-state index in [0.717, 1.165) is 17.8 Å². The first-order chi connectivity index (χ1) is 10.4. The molecule has 0 aliphatic carbocycles. The highest BCUT2D eigenvalue weighted by Crippen LogP contribution is 2.29. The van der Waals surface area contributed by atoms with Gasteiger partial charge in [-0.25, -0.2) is 0 Å². The molecule has 0 amide bonds. The normalized spacial score (nSPS) is 13.0. The van der Waals surface area contributed by atoms with Crippen LogP contribution in [0, 0.1) is 0 Å². The molecule has 22 heavy (non-hydrogen) atoms. The minimum Gasteiger partial charge on any atom is -0.406 e. The molecular formula is C13H14F3N3O2S. The Hall–Kier alpha value is -1.87. The van der Waals surface area contributed by atoms with Gasteiger partial charge >= 0.3 is 6.36 Å². The third-order valence-corrected chi connectivity index (χ3v) is 3.55. The van der Waals surface area contributed by atoms with Crippen molar-refractivity contribution >= 4 is 22.2 Å². The number of alkyl halides is 3. The highest BCUT2D eigenvalue weighted by atomic mass is 32.1. The maximum absolute atomic E-state index is 12.2. The molecule has 1 heterocycles. The van der Waals surface area contributed by atoms with Crippen molar-refractivity contribution in [1.82, 2.24) is 10.2 Å². The highest BCUT2D eigenvalue weighted by molar-refractivity contribution is 7.15. The number of benzene rings is 1. The average Bonchev–Trinajstić information content (AvgIpc) is 2.86. The predicted octanol–water partition coefficient (Wildman–Crippen LogP) is 4.01. The second-order valence-corrected chi connectivity index (χ2v) is 5.46. The second-order valence-electron chi connectivity index (χ2n) is 4.45. The van der Waals surface area contributed by atoms with Gasteiger partial charge in [-0.3, -0.25) is 0 Å². The lowest BCUT2D eigenvalue weighted by atomic mass is 10.2. The average molecular weight is 333 g/mol. The van der Waals surface area contributed by atoms with Crippen LogP contribution in [0.3, 0.4) is 0 Å². The third kappa shape index (κ3) is 4.85. The van der Waals surface area contributed by atoms with Crippen LogP contribution in [0.2, 0.25) is 0 Å². The SMILES string of the molecule is CCCC(O)c1nnc(Nc2cccc(OC(F)(F)F)c2)s1. The number of aliphatic hydroxyl groups excluding tert-OH is 1. The molecule has 2 rings (SSSR count). The smallest absolute Gasteiger partial charge is 0.406 e. The summed E-state index contributed by atoms with van der Waals surface area (Å²) >= 11 is 1.15. The summed E-state index contributed by atoms with van der Waals surface area (Å²) in [6, 6.07) is 5.41. The molecule has 0 aliphatic rings. The number of anilines is 2. The molecule has 5 nitrogen and oxygen atoms in total. The number of nitrogens with one attached hydrogen (secondary N) is 1. The van der Waals surface area contributed by atoms with Gasteiger partial charge in [-0.05, 0) is 18.6 Å². The number of rotatable bonds is 6. The van der Waals surface area contributed by atoms with Gasteiger partial charge in [0.2, 0.25) is 5.13 Å². The van der Waals surface area contributed by atoms with Crippen LogP contribution in [-0.2, 0) is 0 Å². The van der Waals surface area contributed by atoms with Gasteiger partial charge in [-0.1, -0.05) is 30.7 Å². The molecule has 0 radical (unpaired) electrons. The Kier molecular flexibility index (Phi) is 5.19. The van der Waals surface area contributed by atoms with Gasteiger partial charge in [0.1, 0.15) is 16.9 Å². The summed E-state index contributed by atoms with van der Waals surface area (Å²) < 4.78 is 40.4. The summed E-state index contributed by atoms with van der Waals surface area (Å²) in [5.41, 5.74) is 0.384. The summed E-state index contributed by atoms with van der Waals surface area (Å²) in [4.78, 5) is 0. The zero-order chi connectivity index (χ0) is 16.2. The molecule has 0 bridgehead atoms. The zero-order valence-corrected chi connectivity index (χ0v) is 12.4. The summed E-state index contributed by atoms with van der Waals surface area (Å²) in [5.74, 6) is -0.326. The number of aromatic nitrogens is 2. The molecule has 1 aromatic heterocycles. The quantitative estimate of drug-likeness (QED) is 0.836. The Bertz CT molecular complexity index is 619. The number of ether oxygens (including phenoxy) is 1. The Balaban J connectivity index is 2.06. The van der Waals surface area contributed by atoms with Crippen LogP contribution in [0.15, 0.2) is 24.3 Å². The first-order valence-corrected chi connectivity index (χ1v) is 7.33. The Morgan fingerprint density at radius 1 is 1.36 bits per heavy atom. The van der Waals surface area contributed by atoms with Crippen molar-refractivity contribution in [3.05, 3.63) is 29.3 Å². The minimum absolute atomic E-state index is 0.326. The van der Waals surface area contributed by atoms with Gasteiger partial charge in [-0.15, -0.1) is 23.4 Å². The molecule has 0 saturated carbocycles. The Labute approximate surface area is 128 Å². The van der Waals surface area contributed by atoms with E-state index in [2.05, 4.69) is 20.3 Å². The highest BCUT2D eigenvalue weighted by Gasteiger charge is 2.31. The predicted molar refractivity (Wildman–Crippen MR) is 76.2 cm³/mol. The summed E-state index contributed by atoms with van der Waals surface area (Å²) in [5, 5.41) is 21.2. The van der Waals surface area contributed by atoms with Crippen LogP contribution in [0.4, 0.5) is 24.0 Å². The molecule has 0 aliphatic heterocycles. The fraction of sp³-hybridized carbons (Fsp3) is 0.385. The maximum Gasteiger partial charge on any atom is 0.573 e. The van der Waals surface area contributed by atoms with Crippen LogP contribution < -0.4 is 10.1 Å². The Morgan fingerprint density at radius 3 is 2.82 bits per heavy atom. The van der Waals surface area contributed by atoms with E-state index >= 15 is 0 Å². The maximum atomic E-state index is 12.2. The van der Waals surface area contributed by atoms with Gasteiger partial charge in [0, 0.05) is 11.8 Å². The molecular weight excluding hydrogens is 319 g/mol. The number of nitrogens with zero attached hydrogens (tertiary/aromatic N) is 2. The number of aliphatic hydroxyl groups is 1. The minimum atomic E-state index is -4.74. The second kappa shape index (κ2) is 6.93. The van der Waals surface area contributed by atoms with Gasteiger partial charge in [0.15, 0.2) is 0 Å². The summed E-state index contributed by atoms with van der Waals surface area (Å²) in [7, 11) is 0. The van der Waals surface area contributed by atoms with Gasteiger partial charge in [0.05, 0.1) is 0 Å². The zero-order valence-electron chi connectivity index (χ0n) is 11.6. The van der Waals surface area contributed by atoms with Crippen LogP contribution >= 0.6 is 11.3 Å². The standard InChI is InChI=1S/C13H14F3N3O2S/c1-2-4-10(20)11-18-19-12(22-11)17-8-5-3-6-9(7-8)21-13(14,15)16/h3,5-7,10,20H,2,4H2,1H3,(H,17,19). The van der Waals surface area contributed by atoms with E-state index in [1.807, 2.05) is 6.92 Å². The lowest BCUT2D eigenvalue weighted by Gasteiger charge is -2.10. The molecule has 0 saturated heterocycles. The van der Waals surface area contributed by atoms with E-state index in [1.165, 1.54) is 18.2 Å². The molecule has 120 valence electrons. The third-order valence-electron chi connectivity index (χ3n) is 2.61. The number of halogens is 3. The van der Waals surface area contributed by atoms with Gasteiger partial charge in [0.25, 0.3) is 0 Å². The van der Waals surface area contributed by atoms with E-state index in [0.29, 0.717) is 22.2 Å². The van der Waals surface area contributed by atoms with Crippen LogP contribution in [-0.4, -0.2) is 21.7 Å². The van der Waals surface area contributed by atoms with E-state index in [9.17, 15) is 18.3 Å². The molecule has 2 aromatic rings. The molecule has 9 heteroatoms. The lowest BCUT2D eigenvalue weighted by Crippen LogP contribution is -2.17. The molecule has 1 atom stereocenters. The topological polar surface area (TPSA) is 67.3 Å². The van der Waals surface area contributed by atoms with Crippen molar-refractivity contribution < 1.29 is 23.0 Å². The summed E-state index contributed by atoms with van der Waals surface area (Å²) in [6.45, 7) is 1.94. The van der Waals surface area contributed by atoms with Crippen LogP contribution in [0.1, 0.15) is 30.9 Å². The first-order valence-electron chi connectivity index (χ1n) is 6.51. The lowest BCUT2D eigenvalue weighted by molar-refractivity contribution is -0.274. The van der Waals surface area contributed by atoms with Crippen molar-refractivity contribution in [3.63, 3.8) is 0 Å². The van der Waals surface area contributed by atoms with Crippen molar-refractivity contribution in [3.8, 4) is 5.75 Å². The van der Waals surface area contributed by atoms with E-state index in [4.69, 9.17) is 0 Å². The number of hydrogen-bond acceptors (Lipinski definition) is 6. The van der Waals surface area contributed by atoms with E-state index in [-0.39, 0.29) is 5.75 Å². The fourth-order valence-electron chi connectivity index (χ4n) is 1.71. The van der Waals surface area contributed by atoms with Crippen LogP contribution in [0.25, 0.3) is 0 Å². The van der Waals surface area contributed by atoms with Gasteiger partial charge in [-0.2, -0.15) is 0 Å². The van der Waals surface area contributed by atoms with Crippen molar-refractivity contribution in [1.29, 1.82) is 0 Å². The Morgan fingerprint density at radius 2 is 2.14 bits per heavy atom. The fourth-order valence-corrected chi connectivity index (χ4v) is 2.50. The monoisotopic (exact) mass is 333 g/mol. The molecule has 2 N–H and O–H groups in total. The van der Waals surface area contributed by atoms with Gasteiger partial charge < -0.3 is 15.2 Å². The molecule has 0 fully saturated rings. The first kappa shape index (κ1) is 16.5. The molecule has 1 unspecified atom stereocenters. The van der Waals surface area contributed by atoms with Crippen molar-refractivity contribution in [2.24, 2.45) is 0 Å². The van der Waals surface area contributed by atoms with E-state index in [1.54, 1.807) is 6.07 Å². The number of hydrogen-bond donors (Lipinski definition) is 2. The molecule has 1 aromatic carbocycles. The van der Waals surface area contributed by atoms with Crippen LogP contribution in [0.5, 0.6) is 5.75 Å². The van der Waals surface area contributed by atoms with E-state index < -0.39 is 12.5 Å². The summed E-state index contributed by atoms with van der Waals surface area (Å²) in [6.07, 6.45) is -4.04.